The van der Waals surface area contributed by atoms with Crippen molar-refractivity contribution in [3.63, 3.8) is 0 Å². The molecule has 1 fully saturated rings. The highest BCUT2D eigenvalue weighted by Crippen LogP contribution is 2.15. The molecule has 0 spiro atoms. The summed E-state index contributed by atoms with van der Waals surface area (Å²) in [5, 5.41) is 3.46. The molecule has 0 bridgehead atoms. The van der Waals surface area contributed by atoms with E-state index in [1.807, 2.05) is 6.79 Å². The van der Waals surface area contributed by atoms with Gasteiger partial charge in [0.2, 0.25) is 0 Å². The normalized spacial score (nSPS) is 20.1. The van der Waals surface area contributed by atoms with Gasteiger partial charge in [-0.05, 0) is 43.8 Å². The first-order valence-corrected chi connectivity index (χ1v) is 5.48. The molecule has 0 saturated carbocycles. The Morgan fingerprint density at radius 2 is 2.00 bits per heavy atom. The molecule has 1 aliphatic rings. The van der Waals surface area contributed by atoms with Crippen molar-refractivity contribution in [1.29, 1.82) is 0 Å². The van der Waals surface area contributed by atoms with Crippen molar-refractivity contribution in [2.45, 2.75) is 19.3 Å². The summed E-state index contributed by atoms with van der Waals surface area (Å²) >= 11 is 0. The van der Waals surface area contributed by atoms with Gasteiger partial charge in [0.1, 0.15) is 6.79 Å². The molecular weight excluding hydrogens is 186 g/mol. The van der Waals surface area contributed by atoms with E-state index in [2.05, 4.69) is 35.6 Å². The third-order valence-electron chi connectivity index (χ3n) is 2.77. The maximum Gasteiger partial charge on any atom is 0.106 e. The minimum Gasteiger partial charge on any atom is -0.316 e. The van der Waals surface area contributed by atoms with Crippen molar-refractivity contribution in [3.8, 4) is 0 Å². The number of piperidine rings is 1. The summed E-state index contributed by atoms with van der Waals surface area (Å²) in [6.45, 7) is 4.42. The molecule has 1 aromatic rings. The molecule has 1 aliphatic heterocycles. The molecule has 1 heterocycles. The van der Waals surface area contributed by atoms with E-state index in [1.165, 1.54) is 37.9 Å². The van der Waals surface area contributed by atoms with Crippen LogP contribution in [0.3, 0.4) is 0 Å². The second-order valence-electron chi connectivity index (χ2n) is 3.90. The second kappa shape index (κ2) is 7.18. The molecule has 82 valence electrons. The van der Waals surface area contributed by atoms with E-state index < -0.39 is 0 Å². The van der Waals surface area contributed by atoms with Gasteiger partial charge in [-0.1, -0.05) is 30.3 Å². The van der Waals surface area contributed by atoms with Crippen LogP contribution in [0.2, 0.25) is 0 Å². The summed E-state index contributed by atoms with van der Waals surface area (Å²) in [6, 6.07) is 10.8. The third kappa shape index (κ3) is 4.26. The van der Waals surface area contributed by atoms with E-state index >= 15 is 0 Å². The molecule has 2 heteroatoms. The Labute approximate surface area is 91.7 Å². The predicted octanol–water partition coefficient (Wildman–Crippen LogP) is 2.04. The largest absolute Gasteiger partial charge is 0.316 e. The van der Waals surface area contributed by atoms with Crippen LogP contribution in [0, 0.1) is 5.92 Å². The zero-order valence-electron chi connectivity index (χ0n) is 9.11. The molecule has 1 N–H and O–H groups in total. The van der Waals surface area contributed by atoms with Crippen LogP contribution in [0.5, 0.6) is 0 Å². The van der Waals surface area contributed by atoms with Gasteiger partial charge in [0, 0.05) is 0 Å². The lowest BCUT2D eigenvalue weighted by atomic mass is 9.92. The first-order chi connectivity index (χ1) is 7.45. The summed E-state index contributed by atoms with van der Waals surface area (Å²) < 4.78 is 0. The van der Waals surface area contributed by atoms with Gasteiger partial charge in [0.25, 0.3) is 0 Å². The molecule has 2 nitrogen and oxygen atoms in total. The van der Waals surface area contributed by atoms with Crippen LogP contribution in [-0.2, 0) is 11.2 Å². The van der Waals surface area contributed by atoms with Crippen molar-refractivity contribution < 1.29 is 4.79 Å². The summed E-state index contributed by atoms with van der Waals surface area (Å²) in [7, 11) is 0. The van der Waals surface area contributed by atoms with Crippen molar-refractivity contribution in [2.24, 2.45) is 5.92 Å². The maximum atomic E-state index is 8.00. The van der Waals surface area contributed by atoms with Crippen LogP contribution in [-0.4, -0.2) is 19.9 Å². The molecule has 2 rings (SSSR count). The SMILES string of the molecule is C=O.c1ccc(CC2CCCNC2)cc1. The fourth-order valence-corrected chi connectivity index (χ4v) is 2.05. The van der Waals surface area contributed by atoms with Gasteiger partial charge in [-0.25, -0.2) is 0 Å². The van der Waals surface area contributed by atoms with E-state index in [4.69, 9.17) is 4.79 Å². The highest BCUT2D eigenvalue weighted by atomic mass is 16.1. The number of benzene rings is 1. The molecule has 1 unspecified atom stereocenters. The topological polar surface area (TPSA) is 29.1 Å². The molecule has 0 aromatic heterocycles. The van der Waals surface area contributed by atoms with Crippen molar-refractivity contribution in [2.75, 3.05) is 13.1 Å². The lowest BCUT2D eigenvalue weighted by Gasteiger charge is -2.22. The number of hydrogen-bond donors (Lipinski definition) is 1. The summed E-state index contributed by atoms with van der Waals surface area (Å²) in [5.74, 6) is 0.858. The fraction of sp³-hybridized carbons (Fsp3) is 0.462. The lowest BCUT2D eigenvalue weighted by molar-refractivity contribution is -0.0979. The minimum absolute atomic E-state index is 0.858. The van der Waals surface area contributed by atoms with Gasteiger partial charge < -0.3 is 10.1 Å². The third-order valence-corrected chi connectivity index (χ3v) is 2.77. The smallest absolute Gasteiger partial charge is 0.106 e. The van der Waals surface area contributed by atoms with Crippen LogP contribution in [0.4, 0.5) is 0 Å². The molecule has 15 heavy (non-hydrogen) atoms. The molecular formula is C13H19NO. The molecule has 1 saturated heterocycles. The number of hydrogen-bond acceptors (Lipinski definition) is 2. The van der Waals surface area contributed by atoms with Gasteiger partial charge in [0.05, 0.1) is 0 Å². The van der Waals surface area contributed by atoms with Crippen LogP contribution < -0.4 is 5.32 Å². The fourth-order valence-electron chi connectivity index (χ4n) is 2.05. The summed E-state index contributed by atoms with van der Waals surface area (Å²) in [6.07, 6.45) is 3.98. The number of nitrogens with one attached hydrogen (secondary N) is 1. The van der Waals surface area contributed by atoms with Gasteiger partial charge in [0.15, 0.2) is 0 Å². The second-order valence-corrected chi connectivity index (χ2v) is 3.90. The number of rotatable bonds is 2. The molecule has 0 radical (unpaired) electrons. The van der Waals surface area contributed by atoms with Crippen LogP contribution in [0.1, 0.15) is 18.4 Å². The van der Waals surface area contributed by atoms with Crippen LogP contribution in [0.15, 0.2) is 30.3 Å². The van der Waals surface area contributed by atoms with E-state index in [0.717, 1.165) is 5.92 Å². The molecule has 1 aromatic carbocycles. The van der Waals surface area contributed by atoms with Gasteiger partial charge in [-0.3, -0.25) is 0 Å². The van der Waals surface area contributed by atoms with Gasteiger partial charge in [-0.2, -0.15) is 0 Å². The average Bonchev–Trinajstić information content (AvgIpc) is 2.34. The summed E-state index contributed by atoms with van der Waals surface area (Å²) in [5.41, 5.74) is 1.48. The monoisotopic (exact) mass is 205 g/mol. The Morgan fingerprint density at radius 3 is 2.60 bits per heavy atom. The molecule has 0 amide bonds. The standard InChI is InChI=1S/C12H17N.CH2O/c1-2-5-11(6-3-1)9-12-7-4-8-13-10-12;1-2/h1-3,5-6,12-13H,4,7-10H2;1H2. The first-order valence-electron chi connectivity index (χ1n) is 5.48. The van der Waals surface area contributed by atoms with E-state index in [0.29, 0.717) is 0 Å². The summed E-state index contributed by atoms with van der Waals surface area (Å²) in [4.78, 5) is 8.00. The van der Waals surface area contributed by atoms with E-state index in [9.17, 15) is 0 Å². The predicted molar refractivity (Wildman–Crippen MR) is 62.9 cm³/mol. The minimum atomic E-state index is 0.858. The highest BCUT2D eigenvalue weighted by Gasteiger charge is 2.12. The van der Waals surface area contributed by atoms with E-state index in [-0.39, 0.29) is 0 Å². The van der Waals surface area contributed by atoms with Crippen molar-refractivity contribution in [1.82, 2.24) is 5.32 Å². The van der Waals surface area contributed by atoms with Crippen LogP contribution in [0.25, 0.3) is 0 Å². The first kappa shape index (κ1) is 11.9. The zero-order valence-corrected chi connectivity index (χ0v) is 9.11. The van der Waals surface area contributed by atoms with E-state index in [1.54, 1.807) is 0 Å². The maximum absolute atomic E-state index is 8.00. The van der Waals surface area contributed by atoms with Gasteiger partial charge >= 0.3 is 0 Å². The quantitative estimate of drug-likeness (QED) is 0.800. The Hall–Kier alpha value is -1.15. The highest BCUT2D eigenvalue weighted by molar-refractivity contribution is 5.15. The van der Waals surface area contributed by atoms with Crippen LogP contribution >= 0.6 is 0 Å². The van der Waals surface area contributed by atoms with Crippen molar-refractivity contribution in [3.05, 3.63) is 35.9 Å². The Kier molecular flexibility index (Phi) is 5.71. The van der Waals surface area contributed by atoms with Crippen molar-refractivity contribution >= 4 is 6.79 Å². The zero-order chi connectivity index (χ0) is 10.9. The Bertz CT molecular complexity index is 254. The molecule has 0 aliphatic carbocycles. The number of carbonyl (C=O) groups excluding carboxylic acids is 1. The molecule has 1 atom stereocenters. The lowest BCUT2D eigenvalue weighted by Crippen LogP contribution is -2.30. The number of carbonyl (C=O) groups is 1. The Balaban J connectivity index is 0.000000531. The Morgan fingerprint density at radius 1 is 1.27 bits per heavy atom. The average molecular weight is 205 g/mol. The van der Waals surface area contributed by atoms with Gasteiger partial charge in [-0.15, -0.1) is 0 Å².